The fourth-order valence-corrected chi connectivity index (χ4v) is 4.54. The van der Waals surface area contributed by atoms with E-state index in [4.69, 9.17) is 0 Å². The quantitative estimate of drug-likeness (QED) is 0.722. The highest BCUT2D eigenvalue weighted by Gasteiger charge is 2.40. The van der Waals surface area contributed by atoms with Crippen LogP contribution in [0.3, 0.4) is 0 Å². The summed E-state index contributed by atoms with van der Waals surface area (Å²) in [7, 11) is -1.00. The van der Waals surface area contributed by atoms with Gasteiger partial charge in [-0.1, -0.05) is 19.1 Å². The van der Waals surface area contributed by atoms with Crippen molar-refractivity contribution in [3.63, 3.8) is 0 Å². The van der Waals surface area contributed by atoms with Gasteiger partial charge in [0.15, 0.2) is 0 Å². The van der Waals surface area contributed by atoms with E-state index in [0.717, 1.165) is 32.7 Å². The third-order valence-electron chi connectivity index (χ3n) is 5.25. The molecule has 4 nitrogen and oxygen atoms in total. The van der Waals surface area contributed by atoms with Crippen molar-refractivity contribution in [2.24, 2.45) is 5.41 Å². The molecule has 1 N–H and O–H groups in total. The number of aryl methyl sites for hydroxylation is 1. The van der Waals surface area contributed by atoms with Crippen LogP contribution in [0.5, 0.6) is 0 Å². The number of rotatable bonds is 4. The molecule has 1 aliphatic rings. The maximum Gasteiger partial charge on any atom is 0.0894 e. The normalized spacial score (nSPS) is 16.7. The highest BCUT2D eigenvalue weighted by atomic mass is 32.2. The van der Waals surface area contributed by atoms with Crippen LogP contribution in [0.4, 0.5) is 5.69 Å². The van der Waals surface area contributed by atoms with E-state index < -0.39 is 10.8 Å². The average Bonchev–Trinajstić information content (AvgIpc) is 3.07. The summed E-state index contributed by atoms with van der Waals surface area (Å²) in [6, 6.07) is 17.0. The smallest absolute Gasteiger partial charge is 0.0894 e. The van der Waals surface area contributed by atoms with Crippen LogP contribution in [0.25, 0.3) is 22.2 Å². The van der Waals surface area contributed by atoms with Gasteiger partial charge in [0.1, 0.15) is 0 Å². The SMILES string of the molecule is CC[S@@](=O)c1ccc(N2CC(C)(C#N)C2)c(-c2cc3ccc(C)cc3[nH]2)c1. The number of nitrogens with one attached hydrogen (secondary N) is 1. The number of anilines is 1. The summed E-state index contributed by atoms with van der Waals surface area (Å²) in [5, 5.41) is 10.5. The van der Waals surface area contributed by atoms with Gasteiger partial charge in [0, 0.05) is 51.6 Å². The molecule has 0 bridgehead atoms. The van der Waals surface area contributed by atoms with E-state index in [1.165, 1.54) is 5.56 Å². The Kier molecular flexibility index (Phi) is 4.32. The van der Waals surface area contributed by atoms with E-state index in [1.54, 1.807) is 0 Å². The van der Waals surface area contributed by atoms with Crippen LogP contribution in [0.2, 0.25) is 0 Å². The fourth-order valence-electron chi connectivity index (χ4n) is 3.74. The molecule has 138 valence electrons. The number of nitriles is 1. The molecule has 1 fully saturated rings. The summed E-state index contributed by atoms with van der Waals surface area (Å²) in [6.07, 6.45) is 0. The van der Waals surface area contributed by atoms with Crippen molar-refractivity contribution in [2.75, 3.05) is 23.7 Å². The first-order valence-corrected chi connectivity index (χ1v) is 10.5. The zero-order valence-electron chi connectivity index (χ0n) is 15.9. The minimum absolute atomic E-state index is 0.292. The first-order chi connectivity index (χ1) is 12.9. The molecule has 27 heavy (non-hydrogen) atoms. The summed E-state index contributed by atoms with van der Waals surface area (Å²) in [4.78, 5) is 6.60. The molecular formula is C22H23N3OS. The number of aromatic amines is 1. The Morgan fingerprint density at radius 1 is 1.22 bits per heavy atom. The van der Waals surface area contributed by atoms with E-state index in [0.29, 0.717) is 18.8 Å². The first kappa shape index (κ1) is 17.8. The molecule has 0 saturated carbocycles. The van der Waals surface area contributed by atoms with Crippen LogP contribution in [0, 0.1) is 23.7 Å². The minimum Gasteiger partial charge on any atom is -0.368 e. The monoisotopic (exact) mass is 377 g/mol. The molecule has 0 radical (unpaired) electrons. The molecule has 2 aromatic carbocycles. The van der Waals surface area contributed by atoms with Crippen LogP contribution < -0.4 is 4.90 Å². The van der Waals surface area contributed by atoms with Crippen molar-refractivity contribution in [3.05, 3.63) is 48.0 Å². The van der Waals surface area contributed by atoms with Gasteiger partial charge in [-0.25, -0.2) is 0 Å². The topological polar surface area (TPSA) is 59.9 Å². The summed E-state index contributed by atoms with van der Waals surface area (Å²) < 4.78 is 12.4. The number of fused-ring (bicyclic) bond motifs is 1. The molecule has 0 amide bonds. The molecule has 4 rings (SSSR count). The molecule has 1 aliphatic heterocycles. The van der Waals surface area contributed by atoms with Crippen LogP contribution >= 0.6 is 0 Å². The lowest BCUT2D eigenvalue weighted by Crippen LogP contribution is -2.54. The van der Waals surface area contributed by atoms with Crippen molar-refractivity contribution in [1.29, 1.82) is 5.26 Å². The molecule has 1 atom stereocenters. The van der Waals surface area contributed by atoms with E-state index in [9.17, 15) is 9.47 Å². The number of aromatic nitrogens is 1. The lowest BCUT2D eigenvalue weighted by Gasteiger charge is -2.45. The Morgan fingerprint density at radius 2 is 2.00 bits per heavy atom. The number of nitrogens with zero attached hydrogens (tertiary/aromatic N) is 2. The highest BCUT2D eigenvalue weighted by Crippen LogP contribution is 2.40. The van der Waals surface area contributed by atoms with Gasteiger partial charge in [-0.15, -0.1) is 0 Å². The molecule has 3 aromatic rings. The zero-order valence-corrected chi connectivity index (χ0v) is 16.7. The Labute approximate surface area is 162 Å². The predicted molar refractivity (Wildman–Crippen MR) is 111 cm³/mol. The Balaban J connectivity index is 1.82. The van der Waals surface area contributed by atoms with Crippen molar-refractivity contribution in [2.45, 2.75) is 25.7 Å². The summed E-state index contributed by atoms with van der Waals surface area (Å²) in [6.45, 7) is 7.44. The second kappa shape index (κ2) is 6.54. The lowest BCUT2D eigenvalue weighted by atomic mass is 9.83. The molecule has 0 aliphatic carbocycles. The standard InChI is InChI=1S/C22H23N3OS/c1-4-27(26)17-7-8-21(25-13-22(3,12-23)14-25)18(11-17)20-10-16-6-5-15(2)9-19(16)24-20/h5-11,24H,4,13-14H2,1-3H3/t27-/m1/s1. The fraction of sp³-hybridized carbons (Fsp3) is 0.318. The molecule has 5 heteroatoms. The van der Waals surface area contributed by atoms with Gasteiger partial charge in [-0.05, 0) is 49.7 Å². The van der Waals surface area contributed by atoms with Gasteiger partial charge in [0.25, 0.3) is 0 Å². The number of benzene rings is 2. The van der Waals surface area contributed by atoms with Gasteiger partial charge in [-0.3, -0.25) is 4.21 Å². The number of hydrogen-bond acceptors (Lipinski definition) is 3. The molecule has 0 unspecified atom stereocenters. The van der Waals surface area contributed by atoms with Gasteiger partial charge in [0.2, 0.25) is 0 Å². The maximum absolute atomic E-state index is 12.4. The van der Waals surface area contributed by atoms with E-state index in [1.807, 2.05) is 32.0 Å². The van der Waals surface area contributed by atoms with Crippen molar-refractivity contribution in [3.8, 4) is 17.3 Å². The Morgan fingerprint density at radius 3 is 2.70 bits per heavy atom. The summed E-state index contributed by atoms with van der Waals surface area (Å²) in [5.74, 6) is 0.598. The van der Waals surface area contributed by atoms with Crippen molar-refractivity contribution in [1.82, 2.24) is 4.98 Å². The van der Waals surface area contributed by atoms with E-state index >= 15 is 0 Å². The Hall–Kier alpha value is -2.58. The van der Waals surface area contributed by atoms with Crippen LogP contribution in [0.15, 0.2) is 47.4 Å². The summed E-state index contributed by atoms with van der Waals surface area (Å²) in [5.41, 5.74) is 5.17. The molecular weight excluding hydrogens is 354 g/mol. The van der Waals surface area contributed by atoms with Crippen LogP contribution in [-0.2, 0) is 10.8 Å². The number of H-pyrrole nitrogens is 1. The van der Waals surface area contributed by atoms with E-state index in [-0.39, 0.29) is 5.41 Å². The maximum atomic E-state index is 12.4. The third kappa shape index (κ3) is 3.15. The molecule has 0 spiro atoms. The predicted octanol–water partition coefficient (Wildman–Crippen LogP) is 4.62. The third-order valence-corrected chi connectivity index (χ3v) is 6.56. The van der Waals surface area contributed by atoms with Gasteiger partial charge < -0.3 is 9.88 Å². The van der Waals surface area contributed by atoms with Crippen LogP contribution in [0.1, 0.15) is 19.4 Å². The van der Waals surface area contributed by atoms with Gasteiger partial charge in [0.05, 0.1) is 22.3 Å². The van der Waals surface area contributed by atoms with Gasteiger partial charge >= 0.3 is 0 Å². The van der Waals surface area contributed by atoms with Crippen molar-refractivity contribution >= 4 is 27.4 Å². The van der Waals surface area contributed by atoms with Gasteiger partial charge in [-0.2, -0.15) is 5.26 Å². The Bertz CT molecular complexity index is 1090. The second-order valence-corrected chi connectivity index (χ2v) is 9.36. The minimum atomic E-state index is -1.00. The highest BCUT2D eigenvalue weighted by molar-refractivity contribution is 7.85. The molecule has 2 heterocycles. The van der Waals surface area contributed by atoms with Crippen LogP contribution in [-0.4, -0.2) is 28.0 Å². The average molecular weight is 378 g/mol. The largest absolute Gasteiger partial charge is 0.368 e. The molecule has 1 aromatic heterocycles. The first-order valence-electron chi connectivity index (χ1n) is 9.21. The molecule has 1 saturated heterocycles. The second-order valence-electron chi connectivity index (χ2n) is 7.62. The number of hydrogen-bond donors (Lipinski definition) is 1. The lowest BCUT2D eigenvalue weighted by molar-refractivity contribution is 0.337. The summed E-state index contributed by atoms with van der Waals surface area (Å²) >= 11 is 0. The zero-order chi connectivity index (χ0) is 19.2. The van der Waals surface area contributed by atoms with Crippen molar-refractivity contribution < 1.29 is 4.21 Å². The van der Waals surface area contributed by atoms with E-state index in [2.05, 4.69) is 47.1 Å².